The van der Waals surface area contributed by atoms with E-state index in [2.05, 4.69) is 26.3 Å². The molecule has 1 aromatic carbocycles. The Hall–Kier alpha value is -2.71. The number of amides is 1. The molecule has 4 rings (SSSR count). The molecule has 0 aliphatic carbocycles. The van der Waals surface area contributed by atoms with Crippen LogP contribution in [0.1, 0.15) is 16.4 Å². The maximum atomic E-state index is 13.1. The molecule has 2 aromatic rings. The second kappa shape index (κ2) is 9.40. The van der Waals surface area contributed by atoms with E-state index in [1.54, 1.807) is 0 Å². The van der Waals surface area contributed by atoms with E-state index in [0.29, 0.717) is 31.2 Å². The van der Waals surface area contributed by atoms with Crippen LogP contribution in [-0.2, 0) is 6.54 Å². The van der Waals surface area contributed by atoms with Gasteiger partial charge in [-0.2, -0.15) is 0 Å². The third-order valence-corrected chi connectivity index (χ3v) is 5.74. The molecule has 0 bridgehead atoms. The molecular formula is C22H28FN5O2. The molecule has 160 valence electrons. The molecule has 0 spiro atoms. The van der Waals surface area contributed by atoms with Crippen LogP contribution in [0.2, 0.25) is 0 Å². The van der Waals surface area contributed by atoms with Crippen molar-refractivity contribution in [3.63, 3.8) is 0 Å². The van der Waals surface area contributed by atoms with Gasteiger partial charge in [-0.25, -0.2) is 9.37 Å². The van der Waals surface area contributed by atoms with Crippen molar-refractivity contribution in [2.75, 3.05) is 63.8 Å². The Kier molecular flexibility index (Phi) is 6.44. The summed E-state index contributed by atoms with van der Waals surface area (Å²) in [4.78, 5) is 25.8. The van der Waals surface area contributed by atoms with Crippen molar-refractivity contribution in [2.45, 2.75) is 6.54 Å². The number of benzene rings is 1. The van der Waals surface area contributed by atoms with Crippen LogP contribution >= 0.6 is 0 Å². The zero-order chi connectivity index (χ0) is 20.9. The topological polar surface area (TPSA) is 56.1 Å². The Balaban J connectivity index is 1.26. The lowest BCUT2D eigenvalue weighted by atomic mass is 10.2. The van der Waals surface area contributed by atoms with Gasteiger partial charge in [0.2, 0.25) is 5.89 Å². The largest absolute Gasteiger partial charge is 0.447 e. The molecular weight excluding hydrogens is 385 g/mol. The minimum atomic E-state index is -0.217. The van der Waals surface area contributed by atoms with E-state index in [1.165, 1.54) is 18.4 Å². The maximum Gasteiger partial charge on any atom is 0.275 e. The summed E-state index contributed by atoms with van der Waals surface area (Å²) >= 11 is 0. The smallest absolute Gasteiger partial charge is 0.275 e. The molecule has 2 fully saturated rings. The lowest BCUT2D eigenvalue weighted by Gasteiger charge is -2.35. The second-order valence-electron chi connectivity index (χ2n) is 7.75. The molecule has 7 nitrogen and oxygen atoms in total. The van der Waals surface area contributed by atoms with E-state index in [0.717, 1.165) is 51.5 Å². The van der Waals surface area contributed by atoms with Crippen molar-refractivity contribution >= 4 is 11.6 Å². The number of hydrogen-bond acceptors (Lipinski definition) is 6. The van der Waals surface area contributed by atoms with E-state index >= 15 is 0 Å². The van der Waals surface area contributed by atoms with Gasteiger partial charge in [-0.15, -0.1) is 6.58 Å². The van der Waals surface area contributed by atoms with Crippen molar-refractivity contribution in [3.05, 3.63) is 60.6 Å². The highest BCUT2D eigenvalue weighted by atomic mass is 19.1. The quantitative estimate of drug-likeness (QED) is 0.676. The van der Waals surface area contributed by atoms with Crippen LogP contribution in [0.4, 0.5) is 10.1 Å². The summed E-state index contributed by atoms with van der Waals surface area (Å²) < 4.78 is 18.7. The number of rotatable bonds is 6. The van der Waals surface area contributed by atoms with Crippen LogP contribution in [0, 0.1) is 5.82 Å². The van der Waals surface area contributed by atoms with Gasteiger partial charge in [0.15, 0.2) is 5.69 Å². The summed E-state index contributed by atoms with van der Waals surface area (Å²) in [7, 11) is 0. The first-order chi connectivity index (χ1) is 14.6. The normalized spacial score (nSPS) is 18.6. The van der Waals surface area contributed by atoms with Crippen molar-refractivity contribution in [1.82, 2.24) is 19.7 Å². The average molecular weight is 413 g/mol. The molecule has 0 unspecified atom stereocenters. The average Bonchev–Trinajstić information content (AvgIpc) is 3.24. The van der Waals surface area contributed by atoms with Crippen LogP contribution in [0.5, 0.6) is 0 Å². The molecule has 0 N–H and O–H groups in total. The fourth-order valence-corrected chi connectivity index (χ4v) is 3.97. The van der Waals surface area contributed by atoms with Gasteiger partial charge in [0.25, 0.3) is 5.91 Å². The van der Waals surface area contributed by atoms with E-state index in [4.69, 9.17) is 4.42 Å². The molecule has 2 aliphatic heterocycles. The summed E-state index contributed by atoms with van der Waals surface area (Å²) in [5.41, 5.74) is 1.42. The summed E-state index contributed by atoms with van der Waals surface area (Å²) in [6.45, 7) is 11.7. The monoisotopic (exact) mass is 413 g/mol. The Morgan fingerprint density at radius 2 is 1.70 bits per heavy atom. The molecule has 30 heavy (non-hydrogen) atoms. The summed E-state index contributed by atoms with van der Waals surface area (Å²) in [5.74, 6) is 0.286. The lowest BCUT2D eigenvalue weighted by Crippen LogP contribution is -2.48. The highest BCUT2D eigenvalue weighted by Crippen LogP contribution is 2.18. The van der Waals surface area contributed by atoms with Crippen LogP contribution < -0.4 is 4.90 Å². The van der Waals surface area contributed by atoms with E-state index in [9.17, 15) is 9.18 Å². The van der Waals surface area contributed by atoms with Gasteiger partial charge >= 0.3 is 0 Å². The number of nitrogens with zero attached hydrogens (tertiary/aromatic N) is 5. The first-order valence-electron chi connectivity index (χ1n) is 10.4. The SMILES string of the molecule is C=CCN1CCN(C(=O)c2coc(CN3CCN(c4ccc(F)cc4)CC3)n2)CC1. The number of anilines is 1. The number of piperazine rings is 2. The van der Waals surface area contributed by atoms with E-state index in [1.807, 2.05) is 23.1 Å². The fourth-order valence-electron chi connectivity index (χ4n) is 3.97. The van der Waals surface area contributed by atoms with Crippen LogP contribution in [0.15, 0.2) is 47.6 Å². The summed E-state index contributed by atoms with van der Waals surface area (Å²) in [5, 5.41) is 0. The third kappa shape index (κ3) is 4.88. The second-order valence-corrected chi connectivity index (χ2v) is 7.75. The Bertz CT molecular complexity index is 853. The number of halogens is 1. The van der Waals surface area contributed by atoms with Gasteiger partial charge < -0.3 is 14.2 Å². The van der Waals surface area contributed by atoms with E-state index < -0.39 is 0 Å². The predicted octanol–water partition coefficient (Wildman–Crippen LogP) is 2.08. The molecule has 3 heterocycles. The van der Waals surface area contributed by atoms with Crippen molar-refractivity contribution < 1.29 is 13.6 Å². The van der Waals surface area contributed by atoms with Gasteiger partial charge in [0.1, 0.15) is 12.1 Å². The number of aromatic nitrogens is 1. The Morgan fingerprint density at radius 3 is 2.37 bits per heavy atom. The standard InChI is InChI=1S/C22H28FN5O2/c1-2-7-25-8-14-28(15-9-25)22(29)20-17-30-21(24-20)16-26-10-12-27(13-11-26)19-5-3-18(23)4-6-19/h2-6,17H,1,7-16H2. The van der Waals surface area contributed by atoms with Crippen LogP contribution in [-0.4, -0.2) is 84.5 Å². The molecule has 8 heteroatoms. The number of oxazole rings is 1. The van der Waals surface area contributed by atoms with E-state index in [-0.39, 0.29) is 11.7 Å². The van der Waals surface area contributed by atoms with Gasteiger partial charge in [0.05, 0.1) is 6.54 Å². The minimum absolute atomic E-state index is 0.0654. The van der Waals surface area contributed by atoms with Gasteiger partial charge in [0, 0.05) is 64.6 Å². The maximum absolute atomic E-state index is 13.1. The highest BCUT2D eigenvalue weighted by Gasteiger charge is 2.25. The summed E-state index contributed by atoms with van der Waals surface area (Å²) in [6, 6.07) is 6.61. The fraction of sp³-hybridized carbons (Fsp3) is 0.455. The molecule has 1 aromatic heterocycles. The molecule has 1 amide bonds. The minimum Gasteiger partial charge on any atom is -0.447 e. The summed E-state index contributed by atoms with van der Waals surface area (Å²) in [6.07, 6.45) is 3.36. The zero-order valence-corrected chi connectivity index (χ0v) is 17.2. The number of carbonyl (C=O) groups is 1. The van der Waals surface area contributed by atoms with Gasteiger partial charge in [-0.1, -0.05) is 6.08 Å². The number of hydrogen-bond donors (Lipinski definition) is 0. The van der Waals surface area contributed by atoms with Gasteiger partial charge in [-0.05, 0) is 24.3 Å². The van der Waals surface area contributed by atoms with Crippen molar-refractivity contribution in [3.8, 4) is 0 Å². The van der Waals surface area contributed by atoms with Crippen molar-refractivity contribution in [1.29, 1.82) is 0 Å². The molecule has 0 radical (unpaired) electrons. The third-order valence-electron chi connectivity index (χ3n) is 5.74. The molecule has 0 saturated carbocycles. The zero-order valence-electron chi connectivity index (χ0n) is 17.2. The first kappa shape index (κ1) is 20.6. The highest BCUT2D eigenvalue weighted by molar-refractivity contribution is 5.92. The Labute approximate surface area is 176 Å². The van der Waals surface area contributed by atoms with Crippen LogP contribution in [0.3, 0.4) is 0 Å². The van der Waals surface area contributed by atoms with Crippen molar-refractivity contribution in [2.24, 2.45) is 0 Å². The Morgan fingerprint density at radius 1 is 1.03 bits per heavy atom. The number of carbonyl (C=O) groups excluding carboxylic acids is 1. The molecule has 2 aliphatic rings. The predicted molar refractivity (Wildman–Crippen MR) is 113 cm³/mol. The first-order valence-corrected chi connectivity index (χ1v) is 10.4. The lowest BCUT2D eigenvalue weighted by molar-refractivity contribution is 0.0644. The molecule has 0 atom stereocenters. The van der Waals surface area contributed by atoms with Gasteiger partial charge in [-0.3, -0.25) is 14.6 Å². The molecule has 2 saturated heterocycles. The van der Waals surface area contributed by atoms with Crippen LogP contribution in [0.25, 0.3) is 0 Å².